The standard InChI is InChI=1S/C57H35N5/c1-3-15-40-34-42(26-24-36(40)12-1)56-58-55(59-57(60-56)43-27-25-37-13-2-4-16-41(37)35-43)39-28-30-44(31-29-39)61-51-21-9-7-19-46(51)48-32-33-49-47-20-8-10-22-52(47)62(54(49)53(48)61)50-23-11-17-38-14-5-6-18-45(38)50/h1-35H. The van der Waals surface area contributed by atoms with Gasteiger partial charge in [-0.2, -0.15) is 0 Å². The molecule has 3 heterocycles. The van der Waals surface area contributed by atoms with Gasteiger partial charge in [0.25, 0.3) is 0 Å². The summed E-state index contributed by atoms with van der Waals surface area (Å²) in [7, 11) is 0. The Morgan fingerprint density at radius 1 is 0.274 bits per heavy atom. The summed E-state index contributed by atoms with van der Waals surface area (Å²) < 4.78 is 4.91. The van der Waals surface area contributed by atoms with E-state index in [2.05, 4.69) is 221 Å². The fraction of sp³-hybridized carbons (Fsp3) is 0. The van der Waals surface area contributed by atoms with E-state index in [0.717, 1.165) is 49.9 Å². The maximum Gasteiger partial charge on any atom is 0.164 e. The molecule has 0 N–H and O–H groups in total. The average Bonchev–Trinajstić information content (AvgIpc) is 3.86. The Morgan fingerprint density at radius 3 is 1.31 bits per heavy atom. The summed E-state index contributed by atoms with van der Waals surface area (Å²) in [5, 5.41) is 11.9. The van der Waals surface area contributed by atoms with E-state index < -0.39 is 0 Å². The molecular weight excluding hydrogens is 755 g/mol. The van der Waals surface area contributed by atoms with E-state index in [9.17, 15) is 0 Å². The Bertz CT molecular complexity index is 3830. The maximum atomic E-state index is 5.16. The van der Waals surface area contributed by atoms with Crippen molar-refractivity contribution >= 4 is 75.9 Å². The number of aromatic nitrogens is 5. The molecule has 0 aliphatic rings. The van der Waals surface area contributed by atoms with Gasteiger partial charge in [-0.15, -0.1) is 0 Å². The Kier molecular flexibility index (Phi) is 7.54. The van der Waals surface area contributed by atoms with E-state index in [-0.39, 0.29) is 0 Å². The highest BCUT2D eigenvalue weighted by molar-refractivity contribution is 6.24. The normalized spacial score (nSPS) is 11.9. The van der Waals surface area contributed by atoms with E-state index in [0.29, 0.717) is 17.5 Å². The van der Waals surface area contributed by atoms with Gasteiger partial charge in [0, 0.05) is 49.3 Å². The first kappa shape index (κ1) is 34.5. The molecule has 0 unspecified atom stereocenters. The predicted molar refractivity (Wildman–Crippen MR) is 257 cm³/mol. The van der Waals surface area contributed by atoms with Crippen LogP contribution in [-0.2, 0) is 0 Å². The van der Waals surface area contributed by atoms with Gasteiger partial charge in [0.05, 0.1) is 27.8 Å². The van der Waals surface area contributed by atoms with Crippen LogP contribution in [0.1, 0.15) is 0 Å². The van der Waals surface area contributed by atoms with Crippen LogP contribution < -0.4 is 0 Å². The third-order valence-corrected chi connectivity index (χ3v) is 12.5. The first-order valence-electron chi connectivity index (χ1n) is 21.0. The Balaban J connectivity index is 1.03. The SMILES string of the molecule is c1ccc2cc(-c3nc(-c4ccc(-n5c6ccccc6c6ccc7c8ccccc8n(-c8cccc9ccccc89)c7c65)cc4)nc(-c4ccc5ccccc5c4)n3)ccc2c1. The molecule has 0 amide bonds. The monoisotopic (exact) mass is 789 g/mol. The molecule has 62 heavy (non-hydrogen) atoms. The fourth-order valence-electron chi connectivity index (χ4n) is 9.60. The number of rotatable bonds is 5. The van der Waals surface area contributed by atoms with Gasteiger partial charge < -0.3 is 9.13 Å². The van der Waals surface area contributed by atoms with Gasteiger partial charge >= 0.3 is 0 Å². The average molecular weight is 790 g/mol. The van der Waals surface area contributed by atoms with Gasteiger partial charge in [-0.3, -0.25) is 0 Å². The highest BCUT2D eigenvalue weighted by Crippen LogP contribution is 2.43. The highest BCUT2D eigenvalue weighted by atomic mass is 15.1. The highest BCUT2D eigenvalue weighted by Gasteiger charge is 2.22. The van der Waals surface area contributed by atoms with Crippen LogP contribution in [0.4, 0.5) is 0 Å². The summed E-state index contributed by atoms with van der Waals surface area (Å²) in [6.45, 7) is 0. The molecular formula is C57H35N5. The molecule has 0 saturated heterocycles. The van der Waals surface area contributed by atoms with Crippen LogP contribution in [0.3, 0.4) is 0 Å². The summed E-state index contributed by atoms with van der Waals surface area (Å²) in [6, 6.07) is 75.8. The molecule has 13 aromatic rings. The fourth-order valence-corrected chi connectivity index (χ4v) is 9.60. The lowest BCUT2D eigenvalue weighted by atomic mass is 10.1. The molecule has 0 bridgehead atoms. The van der Waals surface area contributed by atoms with Gasteiger partial charge in [-0.1, -0.05) is 158 Å². The molecule has 288 valence electrons. The summed E-state index contributed by atoms with van der Waals surface area (Å²) in [6.07, 6.45) is 0. The Hall–Kier alpha value is -8.41. The van der Waals surface area contributed by atoms with Crippen molar-refractivity contribution in [2.45, 2.75) is 0 Å². The van der Waals surface area contributed by atoms with Crippen molar-refractivity contribution in [1.82, 2.24) is 24.1 Å². The lowest BCUT2D eigenvalue weighted by Gasteiger charge is -2.14. The molecule has 0 fully saturated rings. The van der Waals surface area contributed by atoms with Crippen LogP contribution in [0.2, 0.25) is 0 Å². The van der Waals surface area contributed by atoms with Gasteiger partial charge in [0.1, 0.15) is 0 Å². The molecule has 10 aromatic carbocycles. The molecule has 13 rings (SSSR count). The van der Waals surface area contributed by atoms with Crippen LogP contribution in [0.25, 0.3) is 121 Å². The lowest BCUT2D eigenvalue weighted by Crippen LogP contribution is -2.01. The van der Waals surface area contributed by atoms with Gasteiger partial charge in [-0.25, -0.2) is 15.0 Å². The third kappa shape index (κ3) is 5.32. The summed E-state index contributed by atoms with van der Waals surface area (Å²) in [4.78, 5) is 15.4. The third-order valence-electron chi connectivity index (χ3n) is 12.5. The molecule has 3 aromatic heterocycles. The summed E-state index contributed by atoms with van der Waals surface area (Å²) >= 11 is 0. The van der Waals surface area contributed by atoms with Crippen molar-refractivity contribution < 1.29 is 0 Å². The van der Waals surface area contributed by atoms with Crippen LogP contribution in [0.15, 0.2) is 212 Å². The van der Waals surface area contributed by atoms with E-state index in [1.54, 1.807) is 0 Å². The first-order valence-corrected chi connectivity index (χ1v) is 21.0. The molecule has 0 radical (unpaired) electrons. The summed E-state index contributed by atoms with van der Waals surface area (Å²) in [5.74, 6) is 1.90. The number of para-hydroxylation sites is 2. The second-order valence-electron chi connectivity index (χ2n) is 16.0. The minimum Gasteiger partial charge on any atom is -0.307 e. The van der Waals surface area contributed by atoms with E-state index in [1.807, 2.05) is 0 Å². The van der Waals surface area contributed by atoms with Crippen LogP contribution in [0.5, 0.6) is 0 Å². The van der Waals surface area contributed by atoms with Crippen LogP contribution >= 0.6 is 0 Å². The molecule has 0 saturated carbocycles. The molecule has 0 aliphatic carbocycles. The van der Waals surface area contributed by atoms with Crippen LogP contribution in [-0.4, -0.2) is 24.1 Å². The number of hydrogen-bond donors (Lipinski definition) is 0. The van der Waals surface area contributed by atoms with Gasteiger partial charge in [0.15, 0.2) is 17.5 Å². The van der Waals surface area contributed by atoms with Crippen molar-refractivity contribution in [3.05, 3.63) is 212 Å². The zero-order valence-corrected chi connectivity index (χ0v) is 33.4. The molecule has 0 spiro atoms. The molecule has 0 atom stereocenters. The van der Waals surface area contributed by atoms with Crippen molar-refractivity contribution in [2.75, 3.05) is 0 Å². The zero-order chi connectivity index (χ0) is 40.7. The summed E-state index contributed by atoms with van der Waals surface area (Å²) in [5.41, 5.74) is 9.69. The van der Waals surface area contributed by atoms with Crippen molar-refractivity contribution in [3.8, 4) is 45.5 Å². The Labute approximate surface area is 356 Å². The molecule has 5 nitrogen and oxygen atoms in total. The predicted octanol–water partition coefficient (Wildman–Crippen LogP) is 14.5. The first-order chi connectivity index (χ1) is 30.7. The topological polar surface area (TPSA) is 48.5 Å². The van der Waals surface area contributed by atoms with Gasteiger partial charge in [-0.05, 0) is 81.5 Å². The molecule has 5 heteroatoms. The maximum absolute atomic E-state index is 5.16. The van der Waals surface area contributed by atoms with Crippen molar-refractivity contribution in [2.24, 2.45) is 0 Å². The minimum absolute atomic E-state index is 0.624. The second kappa shape index (κ2) is 13.6. The molecule has 0 aliphatic heterocycles. The van der Waals surface area contributed by atoms with E-state index in [1.165, 1.54) is 54.1 Å². The van der Waals surface area contributed by atoms with E-state index in [4.69, 9.17) is 15.0 Å². The minimum atomic E-state index is 0.624. The van der Waals surface area contributed by atoms with E-state index >= 15 is 0 Å². The zero-order valence-electron chi connectivity index (χ0n) is 33.4. The number of hydrogen-bond acceptors (Lipinski definition) is 3. The van der Waals surface area contributed by atoms with Crippen LogP contribution in [0, 0.1) is 0 Å². The van der Waals surface area contributed by atoms with Gasteiger partial charge in [0.2, 0.25) is 0 Å². The number of benzene rings is 10. The van der Waals surface area contributed by atoms with Crippen molar-refractivity contribution in [3.63, 3.8) is 0 Å². The Morgan fingerprint density at radius 2 is 0.710 bits per heavy atom. The smallest absolute Gasteiger partial charge is 0.164 e. The number of fused-ring (bicyclic) bond motifs is 10. The lowest BCUT2D eigenvalue weighted by molar-refractivity contribution is 1.07. The largest absolute Gasteiger partial charge is 0.307 e. The number of nitrogens with zero attached hydrogens (tertiary/aromatic N) is 5. The second-order valence-corrected chi connectivity index (χ2v) is 16.0. The quantitative estimate of drug-likeness (QED) is 0.174. The van der Waals surface area contributed by atoms with Crippen molar-refractivity contribution in [1.29, 1.82) is 0 Å².